The van der Waals surface area contributed by atoms with Crippen molar-refractivity contribution in [3.8, 4) is 0 Å². The topological polar surface area (TPSA) is 105 Å². The molecule has 1 heterocycles. The molecule has 1 saturated carbocycles. The number of rotatable bonds is 5. The van der Waals surface area contributed by atoms with E-state index in [4.69, 9.17) is 15.9 Å². The second-order valence-corrected chi connectivity index (χ2v) is 8.05. The van der Waals surface area contributed by atoms with Gasteiger partial charge in [0.05, 0.1) is 17.4 Å². The Labute approximate surface area is 127 Å². The molecule has 0 amide bonds. The SMILES string of the molecule is N=C(N)C1(NS(=O)(=O)CC2CCCO2)CCCCCCC1. The molecular formula is C14H27N3O3S. The van der Waals surface area contributed by atoms with E-state index in [0.717, 1.165) is 38.5 Å². The fraction of sp³-hybridized carbons (Fsp3) is 0.929. The zero-order valence-corrected chi connectivity index (χ0v) is 13.4. The third kappa shape index (κ3) is 4.66. The minimum atomic E-state index is -3.49. The molecule has 1 saturated heterocycles. The summed E-state index contributed by atoms with van der Waals surface area (Å²) in [5.74, 6) is -0.0810. The lowest BCUT2D eigenvalue weighted by Crippen LogP contribution is -2.58. The van der Waals surface area contributed by atoms with Gasteiger partial charge in [-0.15, -0.1) is 0 Å². The fourth-order valence-corrected chi connectivity index (χ4v) is 5.04. The monoisotopic (exact) mass is 317 g/mol. The van der Waals surface area contributed by atoms with Crippen LogP contribution in [-0.4, -0.2) is 38.3 Å². The van der Waals surface area contributed by atoms with Gasteiger partial charge in [0.1, 0.15) is 5.84 Å². The zero-order valence-electron chi connectivity index (χ0n) is 12.6. The Hall–Kier alpha value is -0.660. The number of ether oxygens (including phenoxy) is 1. The Morgan fingerprint density at radius 1 is 1.19 bits per heavy atom. The number of sulfonamides is 1. The molecule has 21 heavy (non-hydrogen) atoms. The molecule has 4 N–H and O–H groups in total. The van der Waals surface area contributed by atoms with Crippen LogP contribution in [0.25, 0.3) is 0 Å². The Morgan fingerprint density at radius 3 is 2.33 bits per heavy atom. The fourth-order valence-electron chi connectivity index (χ4n) is 3.30. The van der Waals surface area contributed by atoms with Crippen molar-refractivity contribution >= 4 is 15.9 Å². The number of nitrogens with two attached hydrogens (primary N) is 1. The molecule has 0 aromatic carbocycles. The van der Waals surface area contributed by atoms with Crippen LogP contribution < -0.4 is 10.5 Å². The molecule has 1 aliphatic heterocycles. The summed E-state index contributed by atoms with van der Waals surface area (Å²) in [5, 5.41) is 7.89. The van der Waals surface area contributed by atoms with Crippen LogP contribution in [0.4, 0.5) is 0 Å². The van der Waals surface area contributed by atoms with Crippen molar-refractivity contribution in [2.75, 3.05) is 12.4 Å². The van der Waals surface area contributed by atoms with Crippen LogP contribution in [0.1, 0.15) is 57.8 Å². The molecule has 1 atom stereocenters. The molecule has 2 aliphatic rings. The van der Waals surface area contributed by atoms with Crippen LogP contribution in [0.5, 0.6) is 0 Å². The van der Waals surface area contributed by atoms with Gasteiger partial charge >= 0.3 is 0 Å². The quantitative estimate of drug-likeness (QED) is 0.528. The molecule has 0 radical (unpaired) electrons. The second kappa shape index (κ2) is 7.07. The van der Waals surface area contributed by atoms with E-state index in [0.29, 0.717) is 19.4 Å². The van der Waals surface area contributed by atoms with Crippen molar-refractivity contribution < 1.29 is 13.2 Å². The summed E-state index contributed by atoms with van der Waals surface area (Å²) in [7, 11) is -3.49. The molecule has 2 fully saturated rings. The smallest absolute Gasteiger partial charge is 0.215 e. The standard InChI is InChI=1S/C14H27N3O3S/c15-13(16)14(8-4-2-1-3-5-9-14)17-21(18,19)11-12-7-6-10-20-12/h12,17H,1-11H2,(H3,15,16). The first-order valence-corrected chi connectivity index (χ1v) is 9.57. The van der Waals surface area contributed by atoms with E-state index < -0.39 is 15.6 Å². The van der Waals surface area contributed by atoms with E-state index in [1.165, 1.54) is 6.42 Å². The van der Waals surface area contributed by atoms with Crippen molar-refractivity contribution in [3.05, 3.63) is 0 Å². The molecule has 7 heteroatoms. The molecule has 1 aliphatic carbocycles. The average Bonchev–Trinajstić information content (AvgIpc) is 2.84. The van der Waals surface area contributed by atoms with Crippen LogP contribution in [-0.2, 0) is 14.8 Å². The molecule has 122 valence electrons. The predicted molar refractivity (Wildman–Crippen MR) is 82.9 cm³/mol. The first kappa shape index (κ1) is 16.7. The van der Waals surface area contributed by atoms with Crippen molar-refractivity contribution in [1.29, 1.82) is 5.41 Å². The highest BCUT2D eigenvalue weighted by Gasteiger charge is 2.38. The lowest BCUT2D eigenvalue weighted by atomic mass is 9.84. The van der Waals surface area contributed by atoms with Gasteiger partial charge in [-0.2, -0.15) is 0 Å². The van der Waals surface area contributed by atoms with E-state index in [1.807, 2.05) is 0 Å². The Bertz CT molecular complexity index is 450. The van der Waals surface area contributed by atoms with Gasteiger partial charge in [-0.05, 0) is 25.7 Å². The molecule has 1 unspecified atom stereocenters. The van der Waals surface area contributed by atoms with E-state index in [9.17, 15) is 8.42 Å². The predicted octanol–water partition coefficient (Wildman–Crippen LogP) is 1.50. The largest absolute Gasteiger partial charge is 0.386 e. The van der Waals surface area contributed by atoms with E-state index in [1.54, 1.807) is 0 Å². The van der Waals surface area contributed by atoms with Gasteiger partial charge in [0.25, 0.3) is 0 Å². The van der Waals surface area contributed by atoms with Crippen molar-refractivity contribution in [2.45, 2.75) is 69.4 Å². The molecule has 0 aromatic rings. The Balaban J connectivity index is 2.07. The summed E-state index contributed by atoms with van der Waals surface area (Å²) in [5.41, 5.74) is 4.87. The zero-order chi connectivity index (χ0) is 15.3. The lowest BCUT2D eigenvalue weighted by Gasteiger charge is -2.35. The van der Waals surface area contributed by atoms with Gasteiger partial charge < -0.3 is 10.5 Å². The van der Waals surface area contributed by atoms with Gasteiger partial charge in [-0.1, -0.05) is 32.1 Å². The summed E-state index contributed by atoms with van der Waals surface area (Å²) >= 11 is 0. The Morgan fingerprint density at radius 2 is 1.81 bits per heavy atom. The van der Waals surface area contributed by atoms with Gasteiger partial charge in [0, 0.05) is 6.61 Å². The minimum Gasteiger partial charge on any atom is -0.386 e. The summed E-state index contributed by atoms with van der Waals surface area (Å²) in [6.45, 7) is 0.637. The maximum absolute atomic E-state index is 12.4. The van der Waals surface area contributed by atoms with Crippen molar-refractivity contribution in [1.82, 2.24) is 4.72 Å². The summed E-state index contributed by atoms with van der Waals surface area (Å²) in [4.78, 5) is 0. The van der Waals surface area contributed by atoms with E-state index in [2.05, 4.69) is 4.72 Å². The van der Waals surface area contributed by atoms with Crippen LogP contribution in [0.3, 0.4) is 0 Å². The molecular weight excluding hydrogens is 290 g/mol. The van der Waals surface area contributed by atoms with Gasteiger partial charge in [0.15, 0.2) is 0 Å². The summed E-state index contributed by atoms with van der Waals surface area (Å²) in [6, 6.07) is 0. The minimum absolute atomic E-state index is 0.0258. The normalized spacial score (nSPS) is 27.0. The third-order valence-corrected chi connectivity index (χ3v) is 6.02. The maximum Gasteiger partial charge on any atom is 0.215 e. The molecule has 6 nitrogen and oxygen atoms in total. The average molecular weight is 317 g/mol. The maximum atomic E-state index is 12.4. The summed E-state index contributed by atoms with van der Waals surface area (Å²) in [6.07, 6.45) is 7.85. The Kier molecular flexibility index (Phi) is 5.62. The lowest BCUT2D eigenvalue weighted by molar-refractivity contribution is 0.127. The molecule has 0 aromatic heterocycles. The first-order chi connectivity index (χ1) is 9.94. The van der Waals surface area contributed by atoms with Crippen LogP contribution in [0.15, 0.2) is 0 Å². The molecule has 2 rings (SSSR count). The van der Waals surface area contributed by atoms with Crippen LogP contribution in [0, 0.1) is 5.41 Å². The van der Waals surface area contributed by atoms with Gasteiger partial charge in [-0.3, -0.25) is 5.41 Å². The van der Waals surface area contributed by atoms with Gasteiger partial charge in [0.2, 0.25) is 10.0 Å². The number of hydrogen-bond donors (Lipinski definition) is 3. The highest BCUT2D eigenvalue weighted by atomic mass is 32.2. The molecule has 0 spiro atoms. The van der Waals surface area contributed by atoms with E-state index >= 15 is 0 Å². The van der Waals surface area contributed by atoms with Crippen LogP contribution >= 0.6 is 0 Å². The van der Waals surface area contributed by atoms with Crippen molar-refractivity contribution in [2.24, 2.45) is 5.73 Å². The highest BCUT2D eigenvalue weighted by molar-refractivity contribution is 7.89. The number of amidine groups is 1. The van der Waals surface area contributed by atoms with Crippen LogP contribution in [0.2, 0.25) is 0 Å². The van der Waals surface area contributed by atoms with Gasteiger partial charge in [-0.25, -0.2) is 13.1 Å². The second-order valence-electron chi connectivity index (χ2n) is 6.28. The van der Waals surface area contributed by atoms with Crippen molar-refractivity contribution in [3.63, 3.8) is 0 Å². The molecule has 0 bridgehead atoms. The number of hydrogen-bond acceptors (Lipinski definition) is 4. The van der Waals surface area contributed by atoms with E-state index in [-0.39, 0.29) is 17.7 Å². The number of nitrogens with one attached hydrogen (secondary N) is 2. The highest BCUT2D eigenvalue weighted by Crippen LogP contribution is 2.27. The first-order valence-electron chi connectivity index (χ1n) is 7.91. The summed E-state index contributed by atoms with van der Waals surface area (Å²) < 4.78 is 33.0. The third-order valence-electron chi connectivity index (χ3n) is 4.50.